The van der Waals surface area contributed by atoms with Gasteiger partial charge in [0.05, 0.1) is 10.5 Å². The third-order valence-corrected chi connectivity index (χ3v) is 5.81. The van der Waals surface area contributed by atoms with Gasteiger partial charge < -0.3 is 9.73 Å². The number of non-ortho nitro benzene ring substituents is 1. The van der Waals surface area contributed by atoms with Gasteiger partial charge in [0.15, 0.2) is 0 Å². The summed E-state index contributed by atoms with van der Waals surface area (Å²) in [6.45, 7) is 2.05. The molecule has 1 aliphatic heterocycles. The summed E-state index contributed by atoms with van der Waals surface area (Å²) < 4.78 is 6.23. The highest BCUT2D eigenvalue weighted by molar-refractivity contribution is 6.35. The van der Waals surface area contributed by atoms with Gasteiger partial charge in [-0.2, -0.15) is 0 Å². The fourth-order valence-corrected chi connectivity index (χ4v) is 4.29. The molecular formula is C24H20N2O4. The van der Waals surface area contributed by atoms with E-state index in [9.17, 15) is 14.9 Å². The molecule has 0 spiro atoms. The van der Waals surface area contributed by atoms with Crippen molar-refractivity contribution in [1.82, 2.24) is 0 Å². The highest BCUT2D eigenvalue weighted by atomic mass is 16.6. The number of furan rings is 1. The molecule has 0 fully saturated rings. The summed E-state index contributed by atoms with van der Waals surface area (Å²) in [4.78, 5) is 23.4. The first kappa shape index (κ1) is 18.4. The first-order valence-electron chi connectivity index (χ1n) is 10.0. The van der Waals surface area contributed by atoms with E-state index in [-0.39, 0.29) is 11.6 Å². The summed E-state index contributed by atoms with van der Waals surface area (Å²) in [5.74, 6) is 1.33. The molecule has 5 rings (SSSR count). The molecule has 2 heterocycles. The normalized spacial score (nSPS) is 16.3. The van der Waals surface area contributed by atoms with Gasteiger partial charge in [-0.25, -0.2) is 0 Å². The zero-order chi connectivity index (χ0) is 20.8. The van der Waals surface area contributed by atoms with Crippen molar-refractivity contribution in [3.05, 3.63) is 80.8 Å². The number of hydrogen-bond acceptors (Lipinski definition) is 4. The number of carbonyl (C=O) groups excluding carboxylic acids is 1. The lowest BCUT2D eigenvalue weighted by Crippen LogP contribution is -2.03. The van der Waals surface area contributed by atoms with Crippen LogP contribution in [0, 0.1) is 17.0 Å². The Morgan fingerprint density at radius 2 is 1.87 bits per heavy atom. The van der Waals surface area contributed by atoms with Crippen LogP contribution in [0.5, 0.6) is 0 Å². The van der Waals surface area contributed by atoms with Crippen molar-refractivity contribution >= 4 is 28.9 Å². The van der Waals surface area contributed by atoms with E-state index in [4.69, 9.17) is 4.42 Å². The minimum Gasteiger partial charge on any atom is -0.461 e. The zero-order valence-corrected chi connectivity index (χ0v) is 16.5. The molecule has 0 unspecified atom stereocenters. The van der Waals surface area contributed by atoms with Crippen LogP contribution in [-0.4, -0.2) is 10.8 Å². The van der Waals surface area contributed by atoms with Crippen LogP contribution in [-0.2, 0) is 17.6 Å². The molecule has 0 atom stereocenters. The van der Waals surface area contributed by atoms with E-state index in [2.05, 4.69) is 29.6 Å². The Balaban J connectivity index is 1.69. The molecule has 0 radical (unpaired) electrons. The number of benzene rings is 2. The second kappa shape index (κ2) is 6.99. The van der Waals surface area contributed by atoms with Crippen molar-refractivity contribution in [3.63, 3.8) is 0 Å². The first-order chi connectivity index (χ1) is 14.5. The summed E-state index contributed by atoms with van der Waals surface area (Å²) in [6, 6.07) is 12.7. The summed E-state index contributed by atoms with van der Waals surface area (Å²) >= 11 is 0. The second-order valence-electron chi connectivity index (χ2n) is 7.82. The highest BCUT2D eigenvalue weighted by Crippen LogP contribution is 2.41. The van der Waals surface area contributed by atoms with Crippen LogP contribution >= 0.6 is 0 Å². The Bertz CT molecular complexity index is 1220. The number of hydrogen-bond donors (Lipinski definition) is 1. The summed E-state index contributed by atoms with van der Waals surface area (Å²) in [5.41, 5.74) is 5.88. The van der Waals surface area contributed by atoms with Gasteiger partial charge in [0.25, 0.3) is 11.6 Å². The van der Waals surface area contributed by atoms with Crippen molar-refractivity contribution in [2.75, 3.05) is 5.32 Å². The summed E-state index contributed by atoms with van der Waals surface area (Å²) in [7, 11) is 0. The zero-order valence-electron chi connectivity index (χ0n) is 16.5. The number of rotatable bonds is 3. The average molecular weight is 400 g/mol. The highest BCUT2D eigenvalue weighted by Gasteiger charge is 2.29. The fraction of sp³-hybridized carbons (Fsp3) is 0.208. The van der Waals surface area contributed by atoms with Gasteiger partial charge in [-0.15, -0.1) is 0 Å². The van der Waals surface area contributed by atoms with E-state index in [1.54, 1.807) is 12.1 Å². The largest absolute Gasteiger partial charge is 0.461 e. The van der Waals surface area contributed by atoms with E-state index in [1.807, 2.05) is 6.92 Å². The molecule has 6 heteroatoms. The molecule has 1 aliphatic carbocycles. The second-order valence-corrected chi connectivity index (χ2v) is 7.82. The summed E-state index contributed by atoms with van der Waals surface area (Å²) in [5, 5.41) is 14.0. The van der Waals surface area contributed by atoms with Gasteiger partial charge in [-0.3, -0.25) is 14.9 Å². The Kier molecular flexibility index (Phi) is 4.28. The molecule has 150 valence electrons. The number of amides is 1. The van der Waals surface area contributed by atoms with Crippen molar-refractivity contribution in [3.8, 4) is 11.1 Å². The predicted octanol–water partition coefficient (Wildman–Crippen LogP) is 5.53. The molecule has 30 heavy (non-hydrogen) atoms. The van der Waals surface area contributed by atoms with Crippen LogP contribution in [0.1, 0.15) is 41.1 Å². The number of nitrogens with one attached hydrogen (secondary N) is 1. The van der Waals surface area contributed by atoms with Gasteiger partial charge in [-0.1, -0.05) is 29.8 Å². The van der Waals surface area contributed by atoms with Crippen molar-refractivity contribution in [1.29, 1.82) is 0 Å². The number of nitro groups is 1. The molecule has 0 bridgehead atoms. The molecule has 6 nitrogen and oxygen atoms in total. The van der Waals surface area contributed by atoms with Gasteiger partial charge >= 0.3 is 0 Å². The van der Waals surface area contributed by atoms with Crippen LogP contribution in [0.15, 0.2) is 46.9 Å². The number of nitrogens with zero attached hydrogens (tertiary/aromatic N) is 1. The Labute approximate surface area is 173 Å². The van der Waals surface area contributed by atoms with Crippen molar-refractivity contribution in [2.24, 2.45) is 0 Å². The van der Waals surface area contributed by atoms with E-state index >= 15 is 0 Å². The lowest BCUT2D eigenvalue weighted by atomic mass is 9.90. The molecule has 2 aromatic carbocycles. The molecule has 1 aromatic heterocycles. The standard InChI is InChI=1S/C24H20N2O4/c1-14-6-8-15(9-7-14)23-17-4-2-3-5-21(17)30-22(23)13-19-18-12-16(26(28)29)10-11-20(18)25-24(19)27/h6-13H,2-5H2,1H3,(H,25,27). The molecule has 3 aromatic rings. The SMILES string of the molecule is Cc1ccc(-c2c(C=C3C(=O)Nc4ccc([N+](=O)[O-])cc43)oc3c2CCCC3)cc1. The van der Waals surface area contributed by atoms with Crippen LogP contribution in [0.3, 0.4) is 0 Å². The van der Waals surface area contributed by atoms with Crippen LogP contribution in [0.25, 0.3) is 22.8 Å². The van der Waals surface area contributed by atoms with Gasteiger partial charge in [0.2, 0.25) is 0 Å². The monoisotopic (exact) mass is 400 g/mol. The van der Waals surface area contributed by atoms with E-state index < -0.39 is 4.92 Å². The quantitative estimate of drug-likeness (QED) is 0.356. The van der Waals surface area contributed by atoms with Gasteiger partial charge in [-0.05, 0) is 43.9 Å². The number of fused-ring (bicyclic) bond motifs is 2. The summed E-state index contributed by atoms with van der Waals surface area (Å²) in [6.07, 6.45) is 5.75. The van der Waals surface area contributed by atoms with Crippen LogP contribution in [0.2, 0.25) is 0 Å². The van der Waals surface area contributed by atoms with E-state index in [0.29, 0.717) is 22.6 Å². The Morgan fingerprint density at radius 3 is 2.63 bits per heavy atom. The van der Waals surface area contributed by atoms with E-state index in [0.717, 1.165) is 42.6 Å². The smallest absolute Gasteiger partial charge is 0.270 e. The van der Waals surface area contributed by atoms with Crippen LogP contribution in [0.4, 0.5) is 11.4 Å². The molecule has 1 amide bonds. The Hall–Kier alpha value is -3.67. The minimum atomic E-state index is -0.454. The molecule has 1 N–H and O–H groups in total. The minimum absolute atomic E-state index is 0.0475. The topological polar surface area (TPSA) is 85.4 Å². The molecule has 2 aliphatic rings. The third kappa shape index (κ3) is 3.01. The van der Waals surface area contributed by atoms with E-state index in [1.165, 1.54) is 23.3 Å². The van der Waals surface area contributed by atoms with Gasteiger partial charge in [0.1, 0.15) is 11.5 Å². The average Bonchev–Trinajstić information content (AvgIpc) is 3.25. The molecule has 0 saturated carbocycles. The lowest BCUT2D eigenvalue weighted by Gasteiger charge is -2.11. The van der Waals surface area contributed by atoms with Crippen LogP contribution < -0.4 is 5.32 Å². The maximum absolute atomic E-state index is 12.7. The fourth-order valence-electron chi connectivity index (χ4n) is 4.29. The van der Waals surface area contributed by atoms with Gasteiger partial charge in [0, 0.05) is 40.9 Å². The lowest BCUT2D eigenvalue weighted by molar-refractivity contribution is -0.384. The third-order valence-electron chi connectivity index (χ3n) is 5.81. The number of aryl methyl sites for hydroxylation is 2. The van der Waals surface area contributed by atoms with Crippen molar-refractivity contribution < 1.29 is 14.1 Å². The Morgan fingerprint density at radius 1 is 1.10 bits per heavy atom. The first-order valence-corrected chi connectivity index (χ1v) is 10.0. The maximum atomic E-state index is 12.7. The molecule has 0 saturated heterocycles. The number of nitro benzene ring substituents is 1. The van der Waals surface area contributed by atoms with Crippen molar-refractivity contribution in [2.45, 2.75) is 32.6 Å². The number of carbonyl (C=O) groups is 1. The maximum Gasteiger partial charge on any atom is 0.270 e. The molecular weight excluding hydrogens is 380 g/mol. The number of anilines is 1. The predicted molar refractivity (Wildman–Crippen MR) is 115 cm³/mol.